The van der Waals surface area contributed by atoms with Crippen LogP contribution in [0.1, 0.15) is 17.2 Å². The van der Waals surface area contributed by atoms with Crippen LogP contribution in [0.4, 0.5) is 17.6 Å². The summed E-state index contributed by atoms with van der Waals surface area (Å²) in [5.41, 5.74) is 4.28. The highest BCUT2D eigenvalue weighted by Gasteiger charge is 2.36. The smallest absolute Gasteiger partial charge is 0.370 e. The van der Waals surface area contributed by atoms with Gasteiger partial charge < -0.3 is 11.1 Å². The van der Waals surface area contributed by atoms with E-state index in [4.69, 9.17) is 5.73 Å². The number of benzene rings is 1. The van der Waals surface area contributed by atoms with Crippen LogP contribution in [0.25, 0.3) is 0 Å². The maximum Gasteiger partial charge on any atom is 0.416 e. The van der Waals surface area contributed by atoms with E-state index in [1.165, 1.54) is 0 Å². The quantitative estimate of drug-likeness (QED) is 0.743. The number of alkyl halides is 3. The summed E-state index contributed by atoms with van der Waals surface area (Å²) in [5.74, 6) is -0.833. The molecule has 1 aliphatic heterocycles. The maximum absolute atomic E-state index is 12.9. The summed E-state index contributed by atoms with van der Waals surface area (Å²) < 4.78 is 51.0. The minimum Gasteiger partial charge on any atom is -0.370 e. The molecule has 2 rings (SSSR count). The first-order valence-electron chi connectivity index (χ1n) is 4.81. The molecule has 1 aromatic rings. The fourth-order valence-electron chi connectivity index (χ4n) is 1.71. The lowest BCUT2D eigenvalue weighted by Gasteiger charge is -2.17. The molecule has 1 heterocycles. The summed E-state index contributed by atoms with van der Waals surface area (Å²) in [6, 6.07) is 1.91. The summed E-state index contributed by atoms with van der Waals surface area (Å²) in [7, 11) is 0. The number of halogens is 4. The summed E-state index contributed by atoms with van der Waals surface area (Å²) in [6.07, 6.45) is -4.60. The van der Waals surface area contributed by atoms with Gasteiger partial charge in [-0.05, 0) is 17.7 Å². The molecule has 0 spiro atoms. The van der Waals surface area contributed by atoms with Crippen molar-refractivity contribution in [3.8, 4) is 0 Å². The third-order valence-corrected chi connectivity index (χ3v) is 2.46. The van der Waals surface area contributed by atoms with Gasteiger partial charge in [0.05, 0.1) is 18.2 Å². The first-order valence-corrected chi connectivity index (χ1v) is 4.81. The fourth-order valence-corrected chi connectivity index (χ4v) is 1.71. The van der Waals surface area contributed by atoms with Gasteiger partial charge in [-0.2, -0.15) is 13.2 Å². The van der Waals surface area contributed by atoms with Gasteiger partial charge in [0.2, 0.25) is 0 Å². The van der Waals surface area contributed by atoms with E-state index < -0.39 is 23.6 Å². The number of rotatable bonds is 1. The Kier molecular flexibility index (Phi) is 2.68. The van der Waals surface area contributed by atoms with Gasteiger partial charge in [0, 0.05) is 0 Å². The minimum absolute atomic E-state index is 0.0527. The van der Waals surface area contributed by atoms with Gasteiger partial charge in [-0.1, -0.05) is 6.07 Å². The predicted molar refractivity (Wildman–Crippen MR) is 53.8 cm³/mol. The summed E-state index contributed by atoms with van der Waals surface area (Å²) in [4.78, 5) is 3.76. The zero-order valence-electron chi connectivity index (χ0n) is 8.55. The molecule has 1 aromatic carbocycles. The maximum atomic E-state index is 12.9. The van der Waals surface area contributed by atoms with Crippen LogP contribution in [-0.2, 0) is 6.18 Å². The van der Waals surface area contributed by atoms with Crippen LogP contribution in [0.3, 0.4) is 0 Å². The van der Waals surface area contributed by atoms with Crippen LogP contribution < -0.4 is 11.1 Å². The first kappa shape index (κ1) is 11.7. The Morgan fingerprint density at radius 1 is 1.35 bits per heavy atom. The van der Waals surface area contributed by atoms with E-state index in [9.17, 15) is 17.6 Å². The highest BCUT2D eigenvalue weighted by molar-refractivity contribution is 5.80. The Morgan fingerprint density at radius 2 is 2.06 bits per heavy atom. The molecule has 0 aromatic heterocycles. The number of guanidine groups is 1. The molecule has 0 saturated heterocycles. The standard InChI is InChI=1S/C10H9F4N3/c11-5-1-2-6(7(3-5)10(12,13)14)8-4-16-9(15)17-8/h1-3,8H,4H2,(H3,15,16,17). The Bertz CT molecular complexity index is 467. The van der Waals surface area contributed by atoms with Crippen LogP contribution in [-0.4, -0.2) is 12.5 Å². The van der Waals surface area contributed by atoms with Crippen molar-refractivity contribution in [2.75, 3.05) is 6.54 Å². The van der Waals surface area contributed by atoms with E-state index in [0.29, 0.717) is 6.07 Å². The highest BCUT2D eigenvalue weighted by Crippen LogP contribution is 2.35. The van der Waals surface area contributed by atoms with Gasteiger partial charge in [-0.3, -0.25) is 4.99 Å². The molecule has 3 N–H and O–H groups in total. The van der Waals surface area contributed by atoms with Crippen LogP contribution in [0, 0.1) is 5.82 Å². The molecule has 0 fully saturated rings. The molecule has 1 aliphatic rings. The number of hydrogen-bond donors (Lipinski definition) is 2. The largest absolute Gasteiger partial charge is 0.416 e. The van der Waals surface area contributed by atoms with E-state index in [2.05, 4.69) is 10.3 Å². The molecule has 1 unspecified atom stereocenters. The second kappa shape index (κ2) is 3.90. The predicted octanol–water partition coefficient (Wildman–Crippen LogP) is 1.80. The third-order valence-electron chi connectivity index (χ3n) is 2.46. The lowest BCUT2D eigenvalue weighted by atomic mass is 10.00. The summed E-state index contributed by atoms with van der Waals surface area (Å²) in [5, 5.41) is 2.61. The van der Waals surface area contributed by atoms with Gasteiger partial charge >= 0.3 is 6.18 Å². The Balaban J connectivity index is 2.40. The molecule has 1 atom stereocenters. The van der Waals surface area contributed by atoms with Gasteiger partial charge in [-0.15, -0.1) is 0 Å². The van der Waals surface area contributed by atoms with E-state index in [-0.39, 0.29) is 18.1 Å². The van der Waals surface area contributed by atoms with E-state index >= 15 is 0 Å². The summed E-state index contributed by atoms with van der Waals surface area (Å²) >= 11 is 0. The monoisotopic (exact) mass is 247 g/mol. The average Bonchev–Trinajstić information content (AvgIpc) is 2.63. The zero-order valence-corrected chi connectivity index (χ0v) is 8.55. The normalized spacial score (nSPS) is 20.0. The van der Waals surface area contributed by atoms with Gasteiger partial charge in [0.15, 0.2) is 5.96 Å². The van der Waals surface area contributed by atoms with Crippen molar-refractivity contribution in [1.82, 2.24) is 5.32 Å². The number of aliphatic imine (C=N–C) groups is 1. The number of nitrogens with zero attached hydrogens (tertiary/aromatic N) is 1. The molecule has 0 amide bonds. The third kappa shape index (κ3) is 2.32. The van der Waals surface area contributed by atoms with Crippen molar-refractivity contribution in [2.24, 2.45) is 10.7 Å². The van der Waals surface area contributed by atoms with Crippen molar-refractivity contribution in [3.63, 3.8) is 0 Å². The lowest BCUT2D eigenvalue weighted by Crippen LogP contribution is -2.30. The Morgan fingerprint density at radius 3 is 2.59 bits per heavy atom. The first-order chi connectivity index (χ1) is 7.88. The molecule has 3 nitrogen and oxygen atoms in total. The molecule has 7 heteroatoms. The van der Waals surface area contributed by atoms with Crippen LogP contribution in [0.5, 0.6) is 0 Å². The Labute approximate surface area is 94.3 Å². The topological polar surface area (TPSA) is 50.4 Å². The Hall–Kier alpha value is -1.79. The van der Waals surface area contributed by atoms with Crippen molar-refractivity contribution >= 4 is 5.96 Å². The molecule has 17 heavy (non-hydrogen) atoms. The highest BCUT2D eigenvalue weighted by atomic mass is 19.4. The average molecular weight is 247 g/mol. The summed E-state index contributed by atoms with van der Waals surface area (Å²) in [6.45, 7) is 0.112. The van der Waals surface area contributed by atoms with Gasteiger partial charge in [0.25, 0.3) is 0 Å². The van der Waals surface area contributed by atoms with Crippen LogP contribution in [0.2, 0.25) is 0 Å². The number of nitrogens with one attached hydrogen (secondary N) is 1. The molecule has 0 bridgehead atoms. The molecule has 0 saturated carbocycles. The molecule has 92 valence electrons. The number of nitrogens with two attached hydrogens (primary N) is 1. The van der Waals surface area contributed by atoms with Crippen molar-refractivity contribution in [1.29, 1.82) is 0 Å². The van der Waals surface area contributed by atoms with Crippen molar-refractivity contribution in [3.05, 3.63) is 35.1 Å². The van der Waals surface area contributed by atoms with Gasteiger partial charge in [-0.25, -0.2) is 4.39 Å². The molecule has 0 radical (unpaired) electrons. The van der Waals surface area contributed by atoms with Crippen molar-refractivity contribution in [2.45, 2.75) is 12.2 Å². The van der Waals surface area contributed by atoms with Crippen LogP contribution >= 0.6 is 0 Å². The zero-order chi connectivity index (χ0) is 12.6. The van der Waals surface area contributed by atoms with E-state index in [1.807, 2.05) is 0 Å². The van der Waals surface area contributed by atoms with Crippen molar-refractivity contribution < 1.29 is 17.6 Å². The second-order valence-corrected chi connectivity index (χ2v) is 3.65. The van der Waals surface area contributed by atoms with Gasteiger partial charge in [0.1, 0.15) is 5.82 Å². The van der Waals surface area contributed by atoms with Crippen LogP contribution in [0.15, 0.2) is 23.2 Å². The second-order valence-electron chi connectivity index (χ2n) is 3.65. The van der Waals surface area contributed by atoms with E-state index in [0.717, 1.165) is 12.1 Å². The van der Waals surface area contributed by atoms with E-state index in [1.54, 1.807) is 0 Å². The lowest BCUT2D eigenvalue weighted by molar-refractivity contribution is -0.138. The SMILES string of the molecule is NC1=NCC(c2ccc(F)cc2C(F)(F)F)N1. The molecular formula is C10H9F4N3. The molecule has 0 aliphatic carbocycles. The fraction of sp³-hybridized carbons (Fsp3) is 0.300. The minimum atomic E-state index is -4.60. The molecular weight excluding hydrogens is 238 g/mol. The number of hydrogen-bond acceptors (Lipinski definition) is 3.